The number of benzene rings is 6. The smallest absolute Gasteiger partial charge is 0.227 e. The first-order chi connectivity index (χ1) is 21.2. The van der Waals surface area contributed by atoms with Gasteiger partial charge in [-0.15, -0.1) is 0 Å². The molecule has 0 saturated heterocycles. The number of nitriles is 1. The molecular weight excluding hydrogens is 532 g/mol. The second-order valence-electron chi connectivity index (χ2n) is 10.6. The van der Waals surface area contributed by atoms with E-state index in [0.29, 0.717) is 17.3 Å². The molecule has 6 heteroatoms. The predicted octanol–water partition coefficient (Wildman–Crippen LogP) is 9.42. The molecule has 0 N–H and O–H groups in total. The van der Waals surface area contributed by atoms with Crippen molar-refractivity contribution in [3.63, 3.8) is 0 Å². The average molecular weight is 553 g/mol. The molecule has 0 aliphatic carbocycles. The summed E-state index contributed by atoms with van der Waals surface area (Å²) in [5, 5.41) is 13.8. The van der Waals surface area contributed by atoms with E-state index in [-0.39, 0.29) is 0 Å². The Morgan fingerprint density at radius 2 is 1.07 bits per heavy atom. The molecular formula is C37H20N4O2. The first-order valence-corrected chi connectivity index (χ1v) is 14.0. The van der Waals surface area contributed by atoms with Crippen LogP contribution in [0.1, 0.15) is 5.56 Å². The Hall–Kier alpha value is -6.19. The van der Waals surface area contributed by atoms with Crippen LogP contribution in [-0.2, 0) is 0 Å². The summed E-state index contributed by atoms with van der Waals surface area (Å²) in [7, 11) is 0. The maximum absolute atomic E-state index is 9.80. The zero-order chi connectivity index (χ0) is 28.5. The molecule has 6 aromatic carbocycles. The van der Waals surface area contributed by atoms with E-state index in [4.69, 9.17) is 18.8 Å². The Kier molecular flexibility index (Phi) is 4.87. The molecule has 0 bridgehead atoms. The van der Waals surface area contributed by atoms with Crippen LogP contribution in [0.5, 0.6) is 0 Å². The molecule has 3 heterocycles. The number of hydrogen-bond acceptors (Lipinski definition) is 5. The monoisotopic (exact) mass is 552 g/mol. The summed E-state index contributed by atoms with van der Waals surface area (Å²) in [5.41, 5.74) is 8.63. The molecule has 0 unspecified atom stereocenters. The van der Waals surface area contributed by atoms with Gasteiger partial charge in [0, 0.05) is 32.7 Å². The van der Waals surface area contributed by atoms with Crippen LogP contribution in [0.15, 0.2) is 130 Å². The van der Waals surface area contributed by atoms with Crippen LogP contribution in [-0.4, -0.2) is 14.5 Å². The fraction of sp³-hybridized carbons (Fsp3) is 0. The minimum absolute atomic E-state index is 0.572. The van der Waals surface area contributed by atoms with Gasteiger partial charge in [-0.2, -0.15) is 5.26 Å². The molecule has 0 fully saturated rings. The third-order valence-corrected chi connectivity index (χ3v) is 8.11. The van der Waals surface area contributed by atoms with Crippen molar-refractivity contribution in [1.82, 2.24) is 14.5 Å². The maximum atomic E-state index is 9.80. The van der Waals surface area contributed by atoms with E-state index in [1.54, 1.807) is 0 Å². The zero-order valence-corrected chi connectivity index (χ0v) is 22.7. The molecule has 200 valence electrons. The average Bonchev–Trinajstić information content (AvgIpc) is 3.77. The van der Waals surface area contributed by atoms with E-state index >= 15 is 0 Å². The van der Waals surface area contributed by atoms with Gasteiger partial charge < -0.3 is 13.4 Å². The van der Waals surface area contributed by atoms with Crippen molar-refractivity contribution in [2.45, 2.75) is 0 Å². The molecule has 0 aliphatic heterocycles. The third-order valence-electron chi connectivity index (χ3n) is 8.11. The second-order valence-corrected chi connectivity index (χ2v) is 10.6. The fourth-order valence-electron chi connectivity index (χ4n) is 6.12. The normalized spacial score (nSPS) is 11.7. The fourth-order valence-corrected chi connectivity index (χ4v) is 6.12. The summed E-state index contributed by atoms with van der Waals surface area (Å²) in [4.78, 5) is 9.51. The Labute approximate surface area is 244 Å². The van der Waals surface area contributed by atoms with Gasteiger partial charge in [0.15, 0.2) is 11.2 Å². The van der Waals surface area contributed by atoms with Gasteiger partial charge in [0.2, 0.25) is 11.8 Å². The summed E-state index contributed by atoms with van der Waals surface area (Å²) < 4.78 is 14.5. The summed E-state index contributed by atoms with van der Waals surface area (Å²) in [5.74, 6) is 1.14. The van der Waals surface area contributed by atoms with Crippen molar-refractivity contribution in [2.24, 2.45) is 0 Å². The van der Waals surface area contributed by atoms with Crippen molar-refractivity contribution in [3.8, 4) is 34.7 Å². The van der Waals surface area contributed by atoms with Crippen molar-refractivity contribution in [1.29, 1.82) is 5.26 Å². The third kappa shape index (κ3) is 3.52. The summed E-state index contributed by atoms with van der Waals surface area (Å²) in [6, 6.07) is 42.5. The first kappa shape index (κ1) is 23.5. The van der Waals surface area contributed by atoms with Crippen LogP contribution < -0.4 is 0 Å². The lowest BCUT2D eigenvalue weighted by molar-refractivity contribution is 0.619. The maximum Gasteiger partial charge on any atom is 0.227 e. The van der Waals surface area contributed by atoms with E-state index in [0.717, 1.165) is 71.6 Å². The van der Waals surface area contributed by atoms with Crippen LogP contribution >= 0.6 is 0 Å². The summed E-state index contributed by atoms with van der Waals surface area (Å²) >= 11 is 0. The van der Waals surface area contributed by atoms with Crippen LogP contribution in [0.25, 0.3) is 83.4 Å². The van der Waals surface area contributed by atoms with E-state index in [1.807, 2.05) is 78.9 Å². The van der Waals surface area contributed by atoms with Gasteiger partial charge in [0.25, 0.3) is 0 Å². The van der Waals surface area contributed by atoms with Crippen LogP contribution in [0.3, 0.4) is 0 Å². The molecule has 6 nitrogen and oxygen atoms in total. The topological polar surface area (TPSA) is 80.8 Å². The number of fused-ring (bicyclic) bond motifs is 6. The minimum atomic E-state index is 0.572. The highest BCUT2D eigenvalue weighted by molar-refractivity contribution is 6.12. The first-order valence-electron chi connectivity index (χ1n) is 14.0. The molecule has 9 aromatic rings. The zero-order valence-electron chi connectivity index (χ0n) is 22.7. The predicted molar refractivity (Wildman–Crippen MR) is 169 cm³/mol. The van der Waals surface area contributed by atoms with E-state index in [2.05, 4.69) is 53.1 Å². The van der Waals surface area contributed by atoms with Crippen molar-refractivity contribution >= 4 is 54.8 Å². The number of rotatable bonds is 3. The number of nitrogens with zero attached hydrogens (tertiary/aromatic N) is 4. The summed E-state index contributed by atoms with van der Waals surface area (Å²) in [6.07, 6.45) is 0. The van der Waals surface area contributed by atoms with Crippen LogP contribution in [0, 0.1) is 11.3 Å². The number of hydrogen-bond donors (Lipinski definition) is 0. The van der Waals surface area contributed by atoms with Gasteiger partial charge in [-0.25, -0.2) is 9.97 Å². The highest BCUT2D eigenvalue weighted by atomic mass is 16.4. The van der Waals surface area contributed by atoms with E-state index < -0.39 is 0 Å². The van der Waals surface area contributed by atoms with Gasteiger partial charge in [-0.1, -0.05) is 48.5 Å². The number of para-hydroxylation sites is 4. The molecule has 9 rings (SSSR count). The molecule has 0 atom stereocenters. The lowest BCUT2D eigenvalue weighted by Gasteiger charge is -2.12. The number of oxazole rings is 2. The summed E-state index contributed by atoms with van der Waals surface area (Å²) in [6.45, 7) is 0. The molecule has 0 radical (unpaired) electrons. The van der Waals surface area contributed by atoms with Crippen LogP contribution in [0.4, 0.5) is 0 Å². The van der Waals surface area contributed by atoms with Gasteiger partial charge in [0.05, 0.1) is 28.4 Å². The van der Waals surface area contributed by atoms with Gasteiger partial charge in [0.1, 0.15) is 11.0 Å². The van der Waals surface area contributed by atoms with E-state index in [1.165, 1.54) is 0 Å². The Balaban J connectivity index is 1.34. The molecule has 0 spiro atoms. The Morgan fingerprint density at radius 1 is 0.535 bits per heavy atom. The molecule has 0 saturated carbocycles. The lowest BCUT2D eigenvalue weighted by Crippen LogP contribution is -1.96. The van der Waals surface area contributed by atoms with Crippen molar-refractivity contribution in [2.75, 3.05) is 0 Å². The molecule has 43 heavy (non-hydrogen) atoms. The lowest BCUT2D eigenvalue weighted by atomic mass is 10.0. The highest BCUT2D eigenvalue weighted by Gasteiger charge is 2.19. The molecule has 3 aromatic heterocycles. The molecule has 0 aliphatic rings. The molecule has 0 amide bonds. The van der Waals surface area contributed by atoms with Crippen molar-refractivity contribution < 1.29 is 8.83 Å². The SMILES string of the molecule is N#Cc1ccc(-n2c3ccc(-c4nc5ccccc5o4)cc3c3cc(-c4nc5ccccc5o4)ccc32)c2ccccc12. The van der Waals surface area contributed by atoms with Gasteiger partial charge in [-0.3, -0.25) is 0 Å². The van der Waals surface area contributed by atoms with Crippen molar-refractivity contribution in [3.05, 3.63) is 127 Å². The van der Waals surface area contributed by atoms with E-state index in [9.17, 15) is 5.26 Å². The Bertz CT molecular complexity index is 2400. The van der Waals surface area contributed by atoms with Gasteiger partial charge >= 0.3 is 0 Å². The standard InChI is InChI=1S/C37H20N4O2/c38-21-24-15-18-31(26-8-2-1-7-25(24)26)41-32-16-13-22(36-39-29-9-3-5-11-34(29)42-36)19-27(32)28-20-23(14-17-33(28)41)37-40-30-10-4-6-12-35(30)43-37/h1-20H. The minimum Gasteiger partial charge on any atom is -0.436 e. The van der Waals surface area contributed by atoms with Gasteiger partial charge in [-0.05, 0) is 72.8 Å². The Morgan fingerprint density at radius 3 is 1.63 bits per heavy atom. The highest BCUT2D eigenvalue weighted by Crippen LogP contribution is 2.39. The largest absolute Gasteiger partial charge is 0.436 e. The quantitative estimate of drug-likeness (QED) is 0.218. The number of aromatic nitrogens is 3. The second kappa shape index (κ2) is 8.90. The van der Waals surface area contributed by atoms with Crippen LogP contribution in [0.2, 0.25) is 0 Å².